The summed E-state index contributed by atoms with van der Waals surface area (Å²) in [6, 6.07) is 16.5. The zero-order valence-corrected chi connectivity index (χ0v) is 17.9. The number of hydrogen-bond donors (Lipinski definition) is 2. The van der Waals surface area contributed by atoms with Crippen molar-refractivity contribution in [3.8, 4) is 22.8 Å². The summed E-state index contributed by atoms with van der Waals surface area (Å²) in [7, 11) is 0. The molecule has 2 aromatic heterocycles. The van der Waals surface area contributed by atoms with Crippen LogP contribution in [0.15, 0.2) is 64.3 Å². The zero-order chi connectivity index (χ0) is 23.0. The highest BCUT2D eigenvalue weighted by molar-refractivity contribution is 5.98. The van der Waals surface area contributed by atoms with Gasteiger partial charge in [0.15, 0.2) is 5.69 Å². The lowest BCUT2D eigenvalue weighted by Gasteiger charge is -2.06. The maximum atomic E-state index is 12.8. The van der Waals surface area contributed by atoms with E-state index in [2.05, 4.69) is 42.7 Å². The van der Waals surface area contributed by atoms with Gasteiger partial charge in [-0.15, -0.1) is 5.10 Å². The molecule has 3 N–H and O–H groups in total. The normalized spacial score (nSPS) is 11.1. The van der Waals surface area contributed by atoms with Crippen LogP contribution in [0.4, 0.5) is 5.82 Å². The molecule has 11 heteroatoms. The number of carbonyl (C=O) groups excluding carboxylic acids is 1. The molecule has 0 aliphatic carbocycles. The molecule has 0 spiro atoms. The SMILES string of the molecule is CCCCOc1ccc(/C=N/NC(=O)c2nnn(-c3nonc3N)c2-c2ccccc2)cc1. The van der Waals surface area contributed by atoms with Crippen LogP contribution in [0, 0.1) is 0 Å². The first-order valence-electron chi connectivity index (χ1n) is 10.3. The maximum Gasteiger partial charge on any atom is 0.294 e. The van der Waals surface area contributed by atoms with E-state index in [4.69, 9.17) is 10.5 Å². The van der Waals surface area contributed by atoms with Gasteiger partial charge in [0.2, 0.25) is 11.6 Å². The second-order valence-electron chi connectivity index (χ2n) is 7.01. The predicted molar refractivity (Wildman–Crippen MR) is 121 cm³/mol. The van der Waals surface area contributed by atoms with E-state index in [1.165, 1.54) is 10.9 Å². The van der Waals surface area contributed by atoms with Crippen LogP contribution in [-0.2, 0) is 0 Å². The van der Waals surface area contributed by atoms with Gasteiger partial charge in [-0.1, -0.05) is 48.9 Å². The van der Waals surface area contributed by atoms with Crippen molar-refractivity contribution in [3.63, 3.8) is 0 Å². The summed E-state index contributed by atoms with van der Waals surface area (Å²) in [4.78, 5) is 12.8. The lowest BCUT2D eigenvalue weighted by Crippen LogP contribution is -2.19. The molecule has 2 aromatic carbocycles. The first-order chi connectivity index (χ1) is 16.2. The van der Waals surface area contributed by atoms with Crippen LogP contribution < -0.4 is 15.9 Å². The number of nitrogens with one attached hydrogen (secondary N) is 1. The highest BCUT2D eigenvalue weighted by Crippen LogP contribution is 2.26. The molecular formula is C22H22N8O3. The van der Waals surface area contributed by atoms with Gasteiger partial charge in [0.1, 0.15) is 11.4 Å². The van der Waals surface area contributed by atoms with E-state index in [1.807, 2.05) is 54.6 Å². The van der Waals surface area contributed by atoms with Crippen LogP contribution in [0.25, 0.3) is 17.1 Å². The lowest BCUT2D eigenvalue weighted by atomic mass is 10.1. The summed E-state index contributed by atoms with van der Waals surface area (Å²) in [5.41, 5.74) is 10.2. The molecule has 0 bridgehead atoms. The van der Waals surface area contributed by atoms with Gasteiger partial charge in [-0.2, -0.15) is 9.78 Å². The van der Waals surface area contributed by atoms with E-state index in [0.717, 1.165) is 24.2 Å². The Morgan fingerprint density at radius 2 is 1.97 bits per heavy atom. The summed E-state index contributed by atoms with van der Waals surface area (Å²) >= 11 is 0. The fourth-order valence-electron chi connectivity index (χ4n) is 2.98. The van der Waals surface area contributed by atoms with Crippen molar-refractivity contribution in [2.75, 3.05) is 12.3 Å². The molecule has 0 saturated carbocycles. The second-order valence-corrected chi connectivity index (χ2v) is 7.01. The number of rotatable bonds is 9. The molecule has 0 aliphatic heterocycles. The average Bonchev–Trinajstić information content (AvgIpc) is 3.47. The number of hydrazone groups is 1. The highest BCUT2D eigenvalue weighted by atomic mass is 16.6. The minimum atomic E-state index is -0.550. The Labute approximate surface area is 189 Å². The van der Waals surface area contributed by atoms with Gasteiger partial charge in [-0.3, -0.25) is 4.79 Å². The van der Waals surface area contributed by atoms with Gasteiger partial charge in [0.05, 0.1) is 12.8 Å². The summed E-state index contributed by atoms with van der Waals surface area (Å²) in [6.45, 7) is 2.79. The van der Waals surface area contributed by atoms with E-state index in [9.17, 15) is 4.79 Å². The first kappa shape index (κ1) is 21.7. The Morgan fingerprint density at radius 3 is 2.67 bits per heavy atom. The largest absolute Gasteiger partial charge is 0.494 e. The van der Waals surface area contributed by atoms with Gasteiger partial charge < -0.3 is 10.5 Å². The predicted octanol–water partition coefficient (Wildman–Crippen LogP) is 2.84. The van der Waals surface area contributed by atoms with Crippen molar-refractivity contribution < 1.29 is 14.2 Å². The van der Waals surface area contributed by atoms with Crippen molar-refractivity contribution in [2.45, 2.75) is 19.8 Å². The molecule has 11 nitrogen and oxygen atoms in total. The number of nitrogen functional groups attached to an aromatic ring is 1. The monoisotopic (exact) mass is 446 g/mol. The van der Waals surface area contributed by atoms with Crippen LogP contribution >= 0.6 is 0 Å². The summed E-state index contributed by atoms with van der Waals surface area (Å²) < 4.78 is 11.6. The minimum absolute atomic E-state index is 0.0178. The smallest absolute Gasteiger partial charge is 0.294 e. The van der Waals surface area contributed by atoms with Crippen molar-refractivity contribution in [1.82, 2.24) is 30.7 Å². The van der Waals surface area contributed by atoms with E-state index < -0.39 is 5.91 Å². The Kier molecular flexibility index (Phi) is 6.69. The van der Waals surface area contributed by atoms with Gasteiger partial charge >= 0.3 is 0 Å². The number of benzene rings is 2. The van der Waals surface area contributed by atoms with Crippen molar-refractivity contribution in [2.24, 2.45) is 5.10 Å². The van der Waals surface area contributed by atoms with Gasteiger partial charge in [0.25, 0.3) is 5.91 Å². The van der Waals surface area contributed by atoms with Gasteiger partial charge in [0, 0.05) is 5.56 Å². The highest BCUT2D eigenvalue weighted by Gasteiger charge is 2.24. The Hall–Kier alpha value is -4.54. The summed E-state index contributed by atoms with van der Waals surface area (Å²) in [6.07, 6.45) is 3.61. The molecule has 0 saturated heterocycles. The van der Waals surface area contributed by atoms with Crippen LogP contribution in [-0.4, -0.2) is 44.0 Å². The number of aromatic nitrogens is 5. The molecule has 0 radical (unpaired) electrons. The van der Waals surface area contributed by atoms with E-state index in [-0.39, 0.29) is 17.3 Å². The standard InChI is InChI=1S/C22H22N8O3/c1-2-3-13-32-17-11-9-15(10-12-17)14-24-26-22(31)18-19(16-7-5-4-6-8-16)30(29-25-18)21-20(23)27-33-28-21/h4-12,14H,2-3,13H2,1H3,(H2,23,27)(H,26,31)/b24-14+. The first-order valence-corrected chi connectivity index (χ1v) is 10.3. The third-order valence-corrected chi connectivity index (χ3v) is 4.66. The zero-order valence-electron chi connectivity index (χ0n) is 17.9. The van der Waals surface area contributed by atoms with Crippen LogP contribution in [0.2, 0.25) is 0 Å². The number of amides is 1. The average molecular weight is 446 g/mol. The molecule has 33 heavy (non-hydrogen) atoms. The second kappa shape index (κ2) is 10.2. The molecule has 0 unspecified atom stereocenters. The van der Waals surface area contributed by atoms with Gasteiger partial charge in [-0.25, -0.2) is 10.1 Å². The number of carbonyl (C=O) groups is 1. The van der Waals surface area contributed by atoms with E-state index in [1.54, 1.807) is 0 Å². The third kappa shape index (κ3) is 5.03. The molecule has 2 heterocycles. The summed E-state index contributed by atoms with van der Waals surface area (Å²) in [5, 5.41) is 19.4. The van der Waals surface area contributed by atoms with Crippen molar-refractivity contribution >= 4 is 17.9 Å². The maximum absolute atomic E-state index is 12.8. The van der Waals surface area contributed by atoms with Crippen LogP contribution in [0.1, 0.15) is 35.8 Å². The number of unbranched alkanes of at least 4 members (excludes halogenated alkanes) is 1. The molecule has 168 valence electrons. The molecule has 1 amide bonds. The van der Waals surface area contributed by atoms with Crippen LogP contribution in [0.5, 0.6) is 5.75 Å². The molecule has 0 fully saturated rings. The molecule has 4 aromatic rings. The number of nitrogens with two attached hydrogens (primary N) is 1. The van der Waals surface area contributed by atoms with Crippen molar-refractivity contribution in [1.29, 1.82) is 0 Å². The topological polar surface area (TPSA) is 146 Å². The fourth-order valence-corrected chi connectivity index (χ4v) is 2.98. The number of nitrogens with zero attached hydrogens (tertiary/aromatic N) is 6. The van der Waals surface area contributed by atoms with E-state index in [0.29, 0.717) is 17.9 Å². The van der Waals surface area contributed by atoms with Crippen LogP contribution in [0.3, 0.4) is 0 Å². The Bertz CT molecular complexity index is 1230. The van der Waals surface area contributed by atoms with E-state index >= 15 is 0 Å². The quantitative estimate of drug-likeness (QED) is 0.227. The summed E-state index contributed by atoms with van der Waals surface area (Å²) in [5.74, 6) is 0.385. The number of anilines is 1. The Morgan fingerprint density at radius 1 is 1.18 bits per heavy atom. The molecule has 4 rings (SSSR count). The number of ether oxygens (including phenoxy) is 1. The lowest BCUT2D eigenvalue weighted by molar-refractivity contribution is 0.0950. The molecule has 0 atom stereocenters. The number of hydrogen-bond acceptors (Lipinski definition) is 9. The van der Waals surface area contributed by atoms with Gasteiger partial charge in [-0.05, 0) is 46.6 Å². The Balaban J connectivity index is 1.52. The van der Waals surface area contributed by atoms with Crippen molar-refractivity contribution in [3.05, 3.63) is 65.9 Å². The third-order valence-electron chi connectivity index (χ3n) is 4.66. The fraction of sp³-hybridized carbons (Fsp3) is 0.182. The molecule has 0 aliphatic rings. The molecular weight excluding hydrogens is 424 g/mol. The minimum Gasteiger partial charge on any atom is -0.494 e.